The summed E-state index contributed by atoms with van der Waals surface area (Å²) in [5, 5.41) is 2.93. The fourth-order valence-electron chi connectivity index (χ4n) is 2.43. The number of nitrogens with one attached hydrogen (secondary N) is 1. The quantitative estimate of drug-likeness (QED) is 0.873. The average molecular weight is 313 g/mol. The Kier molecular flexibility index (Phi) is 5.63. The smallest absolute Gasteiger partial charge is 0.265 e. The fourth-order valence-corrected chi connectivity index (χ4v) is 2.43. The lowest BCUT2D eigenvalue weighted by molar-refractivity contribution is -0.122. The van der Waals surface area contributed by atoms with Crippen molar-refractivity contribution < 1.29 is 14.3 Å². The number of anilines is 1. The highest BCUT2D eigenvalue weighted by molar-refractivity contribution is 5.94. The second-order valence-corrected chi connectivity index (χ2v) is 5.56. The summed E-state index contributed by atoms with van der Waals surface area (Å²) in [6.07, 6.45) is 0.0244. The number of hydrogen-bond acceptors (Lipinski definition) is 3. The van der Waals surface area contributed by atoms with Gasteiger partial charge in [-0.1, -0.05) is 19.1 Å². The number of aryl methyl sites for hydroxylation is 2. The van der Waals surface area contributed by atoms with Crippen LogP contribution < -0.4 is 14.8 Å². The molecule has 2 aromatic rings. The molecule has 0 aromatic heterocycles. The molecule has 1 amide bonds. The maximum absolute atomic E-state index is 12.5. The first-order chi connectivity index (χ1) is 11.0. The van der Waals surface area contributed by atoms with Gasteiger partial charge in [-0.3, -0.25) is 4.79 Å². The topological polar surface area (TPSA) is 47.6 Å². The standard InChI is InChI=1S/C19H23NO3/c1-5-18(23-17-8-6-7-16(12-17)22-4)19(21)20-15-10-13(2)9-14(3)11-15/h6-12,18H,5H2,1-4H3,(H,20,21)/t18-/m1/s1. The average Bonchev–Trinajstić information content (AvgIpc) is 2.51. The van der Waals surface area contributed by atoms with Crippen molar-refractivity contribution >= 4 is 11.6 Å². The Bertz CT molecular complexity index is 662. The third kappa shape index (κ3) is 4.74. The van der Waals surface area contributed by atoms with E-state index in [1.807, 2.05) is 51.1 Å². The Morgan fingerprint density at radius 3 is 2.35 bits per heavy atom. The molecule has 0 spiro atoms. The first-order valence-corrected chi connectivity index (χ1v) is 7.71. The summed E-state index contributed by atoms with van der Waals surface area (Å²) in [5.74, 6) is 1.17. The number of carbonyl (C=O) groups is 1. The van der Waals surface area contributed by atoms with Crippen molar-refractivity contribution in [1.82, 2.24) is 0 Å². The third-order valence-corrected chi connectivity index (χ3v) is 3.47. The molecule has 0 aliphatic rings. The van der Waals surface area contributed by atoms with E-state index in [4.69, 9.17) is 9.47 Å². The molecule has 4 nitrogen and oxygen atoms in total. The van der Waals surface area contributed by atoms with Crippen LogP contribution in [0.15, 0.2) is 42.5 Å². The monoisotopic (exact) mass is 313 g/mol. The number of amides is 1. The molecule has 0 radical (unpaired) electrons. The van der Waals surface area contributed by atoms with Crippen molar-refractivity contribution in [2.75, 3.05) is 12.4 Å². The van der Waals surface area contributed by atoms with E-state index in [1.165, 1.54) is 0 Å². The van der Waals surface area contributed by atoms with Crippen LogP contribution in [0.5, 0.6) is 11.5 Å². The fraction of sp³-hybridized carbons (Fsp3) is 0.316. The van der Waals surface area contributed by atoms with Crippen LogP contribution in [0.3, 0.4) is 0 Å². The SMILES string of the molecule is CC[C@@H](Oc1cccc(OC)c1)C(=O)Nc1cc(C)cc(C)c1. The normalized spacial score (nSPS) is 11.7. The van der Waals surface area contributed by atoms with Gasteiger partial charge in [0.2, 0.25) is 0 Å². The summed E-state index contributed by atoms with van der Waals surface area (Å²) in [5.41, 5.74) is 3.02. The molecule has 0 fully saturated rings. The Hall–Kier alpha value is -2.49. The van der Waals surface area contributed by atoms with Gasteiger partial charge >= 0.3 is 0 Å². The molecular weight excluding hydrogens is 290 g/mol. The first-order valence-electron chi connectivity index (χ1n) is 7.71. The number of rotatable bonds is 6. The van der Waals surface area contributed by atoms with Crippen molar-refractivity contribution in [1.29, 1.82) is 0 Å². The summed E-state index contributed by atoms with van der Waals surface area (Å²) in [7, 11) is 1.60. The maximum Gasteiger partial charge on any atom is 0.265 e. The Labute approximate surface area is 137 Å². The molecule has 2 rings (SSSR count). The van der Waals surface area contributed by atoms with Gasteiger partial charge in [0.05, 0.1) is 7.11 Å². The lowest BCUT2D eigenvalue weighted by Gasteiger charge is -2.18. The minimum Gasteiger partial charge on any atom is -0.497 e. The van der Waals surface area contributed by atoms with Gasteiger partial charge in [-0.25, -0.2) is 0 Å². The van der Waals surface area contributed by atoms with Crippen LogP contribution in [0.4, 0.5) is 5.69 Å². The lowest BCUT2D eigenvalue weighted by atomic mass is 10.1. The molecule has 0 aliphatic carbocycles. The molecule has 0 unspecified atom stereocenters. The zero-order valence-electron chi connectivity index (χ0n) is 14.1. The van der Waals surface area contributed by atoms with Crippen LogP contribution in [0.1, 0.15) is 24.5 Å². The van der Waals surface area contributed by atoms with Crippen LogP contribution in [0, 0.1) is 13.8 Å². The number of benzene rings is 2. The summed E-state index contributed by atoms with van der Waals surface area (Å²) < 4.78 is 11.0. The summed E-state index contributed by atoms with van der Waals surface area (Å²) in [4.78, 5) is 12.5. The van der Waals surface area contributed by atoms with Crippen LogP contribution in [-0.4, -0.2) is 19.1 Å². The minimum absolute atomic E-state index is 0.152. The maximum atomic E-state index is 12.5. The Morgan fingerprint density at radius 1 is 1.09 bits per heavy atom. The van der Waals surface area contributed by atoms with E-state index in [2.05, 4.69) is 11.4 Å². The van der Waals surface area contributed by atoms with E-state index in [1.54, 1.807) is 13.2 Å². The molecule has 2 aromatic carbocycles. The predicted octanol–water partition coefficient (Wildman–Crippen LogP) is 4.11. The third-order valence-electron chi connectivity index (χ3n) is 3.47. The van der Waals surface area contributed by atoms with Crippen LogP contribution in [-0.2, 0) is 4.79 Å². The predicted molar refractivity (Wildman–Crippen MR) is 92.2 cm³/mol. The Balaban J connectivity index is 2.08. The van der Waals surface area contributed by atoms with Gasteiger partial charge in [0, 0.05) is 11.8 Å². The van der Waals surface area contributed by atoms with Crippen LogP contribution in [0.25, 0.3) is 0 Å². The van der Waals surface area contributed by atoms with E-state index in [0.717, 1.165) is 16.8 Å². The zero-order valence-corrected chi connectivity index (χ0v) is 14.1. The van der Waals surface area contributed by atoms with Gasteiger partial charge < -0.3 is 14.8 Å². The minimum atomic E-state index is -0.553. The summed E-state index contributed by atoms with van der Waals surface area (Å²) in [6.45, 7) is 5.94. The molecule has 0 saturated carbocycles. The molecule has 0 aliphatic heterocycles. The first kappa shape index (κ1) is 16.9. The van der Waals surface area contributed by atoms with Gasteiger partial charge in [-0.2, -0.15) is 0 Å². The van der Waals surface area contributed by atoms with E-state index in [0.29, 0.717) is 17.9 Å². The highest BCUT2D eigenvalue weighted by Crippen LogP contribution is 2.21. The second-order valence-electron chi connectivity index (χ2n) is 5.56. The molecule has 0 heterocycles. The van der Waals surface area contributed by atoms with Gasteiger partial charge in [0.1, 0.15) is 11.5 Å². The zero-order chi connectivity index (χ0) is 16.8. The number of carbonyl (C=O) groups excluding carboxylic acids is 1. The molecule has 1 N–H and O–H groups in total. The molecule has 4 heteroatoms. The number of methoxy groups -OCH3 is 1. The van der Waals surface area contributed by atoms with Crippen molar-refractivity contribution in [3.05, 3.63) is 53.6 Å². The number of hydrogen-bond donors (Lipinski definition) is 1. The van der Waals surface area contributed by atoms with Crippen molar-refractivity contribution in [2.45, 2.75) is 33.3 Å². The van der Waals surface area contributed by atoms with E-state index in [-0.39, 0.29) is 5.91 Å². The van der Waals surface area contributed by atoms with Gasteiger partial charge in [0.25, 0.3) is 5.91 Å². The lowest BCUT2D eigenvalue weighted by Crippen LogP contribution is -2.32. The number of ether oxygens (including phenoxy) is 2. The highest BCUT2D eigenvalue weighted by atomic mass is 16.5. The van der Waals surface area contributed by atoms with Crippen molar-refractivity contribution in [3.63, 3.8) is 0 Å². The van der Waals surface area contributed by atoms with E-state index in [9.17, 15) is 4.79 Å². The van der Waals surface area contributed by atoms with Crippen LogP contribution >= 0.6 is 0 Å². The molecular formula is C19H23NO3. The molecule has 122 valence electrons. The van der Waals surface area contributed by atoms with Crippen LogP contribution in [0.2, 0.25) is 0 Å². The summed E-state index contributed by atoms with van der Waals surface area (Å²) >= 11 is 0. The molecule has 1 atom stereocenters. The largest absolute Gasteiger partial charge is 0.497 e. The Morgan fingerprint density at radius 2 is 1.74 bits per heavy atom. The molecule has 0 saturated heterocycles. The highest BCUT2D eigenvalue weighted by Gasteiger charge is 2.19. The van der Waals surface area contributed by atoms with E-state index >= 15 is 0 Å². The van der Waals surface area contributed by atoms with Crippen molar-refractivity contribution in [2.24, 2.45) is 0 Å². The molecule has 0 bridgehead atoms. The van der Waals surface area contributed by atoms with Gasteiger partial charge in [-0.05, 0) is 55.7 Å². The van der Waals surface area contributed by atoms with Gasteiger partial charge in [-0.15, -0.1) is 0 Å². The summed E-state index contributed by atoms with van der Waals surface area (Å²) in [6, 6.07) is 13.2. The molecule has 23 heavy (non-hydrogen) atoms. The van der Waals surface area contributed by atoms with Crippen molar-refractivity contribution in [3.8, 4) is 11.5 Å². The second kappa shape index (κ2) is 7.68. The van der Waals surface area contributed by atoms with Gasteiger partial charge in [0.15, 0.2) is 6.10 Å². The van der Waals surface area contributed by atoms with E-state index < -0.39 is 6.10 Å².